The number of carbonyl (C=O) groups is 1. The smallest absolute Gasteiger partial charge is 0.256 e. The van der Waals surface area contributed by atoms with E-state index in [1.54, 1.807) is 11.3 Å². The highest BCUT2D eigenvalue weighted by Crippen LogP contribution is 2.20. The van der Waals surface area contributed by atoms with Crippen LogP contribution in [0, 0.1) is 13.8 Å². The maximum absolute atomic E-state index is 13.1. The van der Waals surface area contributed by atoms with Crippen molar-refractivity contribution in [2.24, 2.45) is 0 Å². The van der Waals surface area contributed by atoms with Gasteiger partial charge in [-0.2, -0.15) is 11.3 Å². The molecule has 0 aliphatic carbocycles. The quantitative estimate of drug-likeness (QED) is 0.669. The van der Waals surface area contributed by atoms with Crippen LogP contribution in [0.2, 0.25) is 0 Å². The Kier molecular flexibility index (Phi) is 5.91. The molecule has 0 unspecified atom stereocenters. The zero-order valence-corrected chi connectivity index (χ0v) is 16.7. The van der Waals surface area contributed by atoms with E-state index < -0.39 is 0 Å². The standard InChI is InChI=1S/C22H24N2O2S/c1-4-9-24(13-17-8-10-27-14-17)22(26)19-7-5-6-18(12-19)20-11-15(2)16(3)23-21(20)25/h5-8,10-12,14H,4,9,13H2,1-3H3,(H,23,25). The monoisotopic (exact) mass is 380 g/mol. The van der Waals surface area contributed by atoms with Gasteiger partial charge in [-0.3, -0.25) is 9.59 Å². The first kappa shape index (κ1) is 19.1. The van der Waals surface area contributed by atoms with Gasteiger partial charge in [-0.25, -0.2) is 0 Å². The van der Waals surface area contributed by atoms with Crippen molar-refractivity contribution in [1.82, 2.24) is 9.88 Å². The van der Waals surface area contributed by atoms with Gasteiger partial charge < -0.3 is 9.88 Å². The van der Waals surface area contributed by atoms with E-state index >= 15 is 0 Å². The van der Waals surface area contributed by atoms with E-state index in [9.17, 15) is 9.59 Å². The van der Waals surface area contributed by atoms with E-state index in [1.807, 2.05) is 60.5 Å². The number of H-pyrrole nitrogens is 1. The van der Waals surface area contributed by atoms with E-state index in [-0.39, 0.29) is 11.5 Å². The molecular formula is C22H24N2O2S. The van der Waals surface area contributed by atoms with Crippen molar-refractivity contribution in [2.75, 3.05) is 6.54 Å². The predicted molar refractivity (Wildman–Crippen MR) is 111 cm³/mol. The van der Waals surface area contributed by atoms with Crippen LogP contribution in [-0.4, -0.2) is 22.3 Å². The summed E-state index contributed by atoms with van der Waals surface area (Å²) in [6, 6.07) is 11.3. The van der Waals surface area contributed by atoms with Crippen molar-refractivity contribution in [3.8, 4) is 11.1 Å². The number of hydrogen-bond acceptors (Lipinski definition) is 3. The molecule has 2 heterocycles. The molecule has 140 valence electrons. The fourth-order valence-corrected chi connectivity index (χ4v) is 3.73. The summed E-state index contributed by atoms with van der Waals surface area (Å²) in [4.78, 5) is 30.2. The van der Waals surface area contributed by atoms with Crippen molar-refractivity contribution in [3.63, 3.8) is 0 Å². The van der Waals surface area contributed by atoms with Crippen LogP contribution in [0.5, 0.6) is 0 Å². The molecule has 4 nitrogen and oxygen atoms in total. The maximum atomic E-state index is 13.1. The Balaban J connectivity index is 1.93. The van der Waals surface area contributed by atoms with Crippen LogP contribution < -0.4 is 5.56 Å². The Labute approximate surface area is 163 Å². The molecule has 0 saturated carbocycles. The Bertz CT molecular complexity index is 990. The third kappa shape index (κ3) is 4.37. The fourth-order valence-electron chi connectivity index (χ4n) is 3.07. The van der Waals surface area contributed by atoms with Crippen molar-refractivity contribution in [3.05, 3.63) is 79.9 Å². The van der Waals surface area contributed by atoms with Gasteiger partial charge in [-0.1, -0.05) is 19.1 Å². The van der Waals surface area contributed by atoms with Gasteiger partial charge in [0.25, 0.3) is 11.5 Å². The summed E-state index contributed by atoms with van der Waals surface area (Å²) in [6.45, 7) is 7.22. The zero-order valence-electron chi connectivity index (χ0n) is 15.9. The number of thiophene rings is 1. The number of rotatable bonds is 6. The van der Waals surface area contributed by atoms with Gasteiger partial charge in [0.05, 0.1) is 0 Å². The molecule has 0 aliphatic heterocycles. The van der Waals surface area contributed by atoms with Crippen molar-refractivity contribution in [2.45, 2.75) is 33.7 Å². The SMILES string of the molecule is CCCN(Cc1ccsc1)C(=O)c1cccc(-c2cc(C)c(C)[nH]c2=O)c1. The van der Waals surface area contributed by atoms with Crippen LogP contribution in [-0.2, 0) is 6.54 Å². The second-order valence-corrected chi connectivity index (χ2v) is 7.54. The number of carbonyl (C=O) groups excluding carboxylic acids is 1. The highest BCUT2D eigenvalue weighted by Gasteiger charge is 2.17. The number of aryl methyl sites for hydroxylation is 2. The molecule has 1 N–H and O–H groups in total. The Morgan fingerprint density at radius 2 is 2.00 bits per heavy atom. The average Bonchev–Trinajstić information content (AvgIpc) is 3.17. The lowest BCUT2D eigenvalue weighted by atomic mass is 10.0. The van der Waals surface area contributed by atoms with Crippen LogP contribution in [0.4, 0.5) is 0 Å². The molecule has 0 radical (unpaired) electrons. The fraction of sp³-hybridized carbons (Fsp3) is 0.273. The second-order valence-electron chi connectivity index (χ2n) is 6.76. The number of aromatic amines is 1. The number of aromatic nitrogens is 1. The van der Waals surface area contributed by atoms with Crippen LogP contribution in [0.25, 0.3) is 11.1 Å². The molecule has 0 bridgehead atoms. The molecule has 0 atom stereocenters. The largest absolute Gasteiger partial charge is 0.334 e. The molecule has 27 heavy (non-hydrogen) atoms. The third-order valence-corrected chi connectivity index (χ3v) is 5.38. The van der Waals surface area contributed by atoms with Crippen LogP contribution in [0.15, 0.2) is 52.0 Å². The van der Waals surface area contributed by atoms with E-state index in [0.29, 0.717) is 24.2 Å². The van der Waals surface area contributed by atoms with Gasteiger partial charge in [-0.15, -0.1) is 0 Å². The molecule has 1 aromatic carbocycles. The molecule has 3 aromatic rings. The van der Waals surface area contributed by atoms with Gasteiger partial charge in [0.1, 0.15) is 0 Å². The summed E-state index contributed by atoms with van der Waals surface area (Å²) in [6.07, 6.45) is 0.895. The minimum atomic E-state index is -0.133. The normalized spacial score (nSPS) is 10.8. The molecule has 5 heteroatoms. The first-order valence-electron chi connectivity index (χ1n) is 9.11. The van der Waals surface area contributed by atoms with Gasteiger partial charge in [0, 0.05) is 29.9 Å². The topological polar surface area (TPSA) is 53.2 Å². The van der Waals surface area contributed by atoms with Gasteiger partial charge >= 0.3 is 0 Å². The van der Waals surface area contributed by atoms with Crippen molar-refractivity contribution >= 4 is 17.2 Å². The molecular weight excluding hydrogens is 356 g/mol. The lowest BCUT2D eigenvalue weighted by Gasteiger charge is -2.22. The number of nitrogens with zero attached hydrogens (tertiary/aromatic N) is 1. The highest BCUT2D eigenvalue weighted by atomic mass is 32.1. The summed E-state index contributed by atoms with van der Waals surface area (Å²) >= 11 is 1.63. The van der Waals surface area contributed by atoms with Crippen molar-refractivity contribution in [1.29, 1.82) is 0 Å². The van der Waals surface area contributed by atoms with Crippen molar-refractivity contribution < 1.29 is 4.79 Å². The van der Waals surface area contributed by atoms with Crippen LogP contribution in [0.1, 0.15) is 40.5 Å². The summed E-state index contributed by atoms with van der Waals surface area (Å²) < 4.78 is 0. The van der Waals surface area contributed by atoms with E-state index in [4.69, 9.17) is 0 Å². The molecule has 0 saturated heterocycles. The predicted octanol–water partition coefficient (Wildman–Crippen LogP) is 4.77. The molecule has 0 aliphatic rings. The summed E-state index contributed by atoms with van der Waals surface area (Å²) in [7, 11) is 0. The third-order valence-electron chi connectivity index (χ3n) is 4.65. The summed E-state index contributed by atoms with van der Waals surface area (Å²) in [5.41, 5.74) is 4.85. The molecule has 1 amide bonds. The van der Waals surface area contributed by atoms with E-state index in [1.165, 1.54) is 0 Å². The molecule has 0 fully saturated rings. The molecule has 2 aromatic heterocycles. The van der Waals surface area contributed by atoms with Crippen LogP contribution >= 0.6 is 11.3 Å². The minimum Gasteiger partial charge on any atom is -0.334 e. The Morgan fingerprint density at radius 3 is 2.70 bits per heavy atom. The zero-order chi connectivity index (χ0) is 19.4. The molecule has 3 rings (SSSR count). The first-order valence-corrected chi connectivity index (χ1v) is 10.0. The lowest BCUT2D eigenvalue weighted by Crippen LogP contribution is -2.31. The number of pyridine rings is 1. The van der Waals surface area contributed by atoms with Gasteiger partial charge in [-0.05, 0) is 72.0 Å². The van der Waals surface area contributed by atoms with E-state index in [0.717, 1.165) is 28.8 Å². The van der Waals surface area contributed by atoms with Gasteiger partial charge in [0.15, 0.2) is 0 Å². The average molecular weight is 381 g/mol. The Morgan fingerprint density at radius 1 is 1.19 bits per heavy atom. The number of benzene rings is 1. The minimum absolute atomic E-state index is 0.00911. The first-order chi connectivity index (χ1) is 13.0. The summed E-state index contributed by atoms with van der Waals surface area (Å²) in [5, 5.41) is 4.09. The number of nitrogens with one attached hydrogen (secondary N) is 1. The maximum Gasteiger partial charge on any atom is 0.256 e. The number of hydrogen-bond donors (Lipinski definition) is 1. The van der Waals surface area contributed by atoms with E-state index in [2.05, 4.69) is 17.3 Å². The van der Waals surface area contributed by atoms with Gasteiger partial charge in [0.2, 0.25) is 0 Å². The molecule has 0 spiro atoms. The summed E-state index contributed by atoms with van der Waals surface area (Å²) in [5.74, 6) is -0.00911. The Hall–Kier alpha value is -2.66. The lowest BCUT2D eigenvalue weighted by molar-refractivity contribution is 0.0743. The second kappa shape index (κ2) is 8.35. The number of amides is 1. The highest BCUT2D eigenvalue weighted by molar-refractivity contribution is 7.07. The van der Waals surface area contributed by atoms with Crippen LogP contribution in [0.3, 0.4) is 0 Å².